The average molecular weight is 484 g/mol. The Morgan fingerprint density at radius 2 is 1.47 bits per heavy atom. The van der Waals surface area contributed by atoms with Crippen LogP contribution in [0.1, 0.15) is 5.56 Å². The largest absolute Gasteiger partial charge is 0.506 e. The maximum absolute atomic E-state index is 11.5. The molecule has 1 fully saturated rings. The van der Waals surface area contributed by atoms with Crippen LogP contribution in [-0.2, 0) is 9.59 Å². The van der Waals surface area contributed by atoms with E-state index in [1.165, 1.54) is 6.08 Å². The Kier molecular flexibility index (Phi) is 4.08. The van der Waals surface area contributed by atoms with Crippen LogP contribution in [0.2, 0.25) is 0 Å². The molecule has 1 saturated heterocycles. The molecule has 1 aromatic carbocycles. The molecule has 3 N–H and O–H groups in total. The van der Waals surface area contributed by atoms with Crippen LogP contribution in [0.5, 0.6) is 5.75 Å². The molecule has 1 aromatic rings. The first-order chi connectivity index (χ1) is 8.88. The van der Waals surface area contributed by atoms with Gasteiger partial charge in [0.05, 0.1) is 7.14 Å². The normalized spacial score (nSPS) is 15.1. The summed E-state index contributed by atoms with van der Waals surface area (Å²) in [6, 6.07) is 2.42. The van der Waals surface area contributed by atoms with Gasteiger partial charge in [-0.15, -0.1) is 0 Å². The number of urea groups is 1. The van der Waals surface area contributed by atoms with Crippen LogP contribution in [0.3, 0.4) is 0 Å². The molecule has 0 bridgehead atoms. The van der Waals surface area contributed by atoms with E-state index in [4.69, 9.17) is 0 Å². The molecule has 6 nitrogen and oxygen atoms in total. The van der Waals surface area contributed by atoms with Gasteiger partial charge in [0, 0.05) is 0 Å². The summed E-state index contributed by atoms with van der Waals surface area (Å²) in [5.74, 6) is -1.34. The van der Waals surface area contributed by atoms with E-state index in [1.807, 2.05) is 55.8 Å². The molecule has 0 radical (unpaired) electrons. The number of phenols is 1. The second-order valence-corrected chi connectivity index (χ2v) is 5.95. The monoisotopic (exact) mass is 484 g/mol. The van der Waals surface area contributed by atoms with Crippen molar-refractivity contribution in [2.45, 2.75) is 0 Å². The van der Waals surface area contributed by atoms with E-state index in [9.17, 15) is 19.5 Å². The summed E-state index contributed by atoms with van der Waals surface area (Å²) < 4.78 is 1.20. The summed E-state index contributed by atoms with van der Waals surface area (Å²) in [7, 11) is 0. The van der Waals surface area contributed by atoms with Gasteiger partial charge in [0.1, 0.15) is 11.3 Å². The van der Waals surface area contributed by atoms with Gasteiger partial charge in [-0.25, -0.2) is 4.79 Å². The number of phenolic OH excluding ortho intramolecular Hbond substituents is 1. The summed E-state index contributed by atoms with van der Waals surface area (Å²) in [6.07, 6.45) is 1.36. The number of carbonyl (C=O) groups is 3. The van der Waals surface area contributed by atoms with E-state index >= 15 is 0 Å². The van der Waals surface area contributed by atoms with Crippen molar-refractivity contribution >= 4 is 69.1 Å². The lowest BCUT2D eigenvalue weighted by Gasteiger charge is -2.14. The second-order valence-electron chi connectivity index (χ2n) is 3.63. The summed E-state index contributed by atoms with van der Waals surface area (Å²) >= 11 is 3.89. The van der Waals surface area contributed by atoms with Crippen molar-refractivity contribution in [1.82, 2.24) is 10.6 Å². The standard InChI is InChI=1S/C11H6I2N2O4/c12-6-2-4(3-7(13)8(6)16)1-5-9(17)14-11(19)15-10(5)18/h1-3,16H,(H2,14,15,17,18,19). The maximum atomic E-state index is 11.5. The zero-order chi connectivity index (χ0) is 14.2. The van der Waals surface area contributed by atoms with Crippen LogP contribution in [0, 0.1) is 7.14 Å². The predicted octanol–water partition coefficient (Wildman–Crippen LogP) is 1.35. The van der Waals surface area contributed by atoms with Gasteiger partial charge in [0.15, 0.2) is 0 Å². The number of barbiturate groups is 1. The summed E-state index contributed by atoms with van der Waals surface area (Å²) in [4.78, 5) is 34.0. The number of nitrogens with one attached hydrogen (secondary N) is 2. The van der Waals surface area contributed by atoms with Gasteiger partial charge in [-0.05, 0) is 69.0 Å². The SMILES string of the molecule is O=C1NC(=O)C(=Cc2cc(I)c(O)c(I)c2)C(=O)N1. The third-order valence-corrected chi connectivity index (χ3v) is 3.94. The zero-order valence-electron chi connectivity index (χ0n) is 9.16. The average Bonchev–Trinajstić information content (AvgIpc) is 2.30. The highest BCUT2D eigenvalue weighted by molar-refractivity contribution is 14.1. The lowest BCUT2D eigenvalue weighted by Crippen LogP contribution is -2.51. The minimum absolute atomic E-state index is 0.149. The Morgan fingerprint density at radius 1 is 1.00 bits per heavy atom. The van der Waals surface area contributed by atoms with E-state index in [0.29, 0.717) is 12.7 Å². The predicted molar refractivity (Wildman–Crippen MR) is 83.2 cm³/mol. The fourth-order valence-electron chi connectivity index (χ4n) is 1.44. The number of imide groups is 2. The number of carbonyl (C=O) groups excluding carboxylic acids is 3. The lowest BCUT2D eigenvalue weighted by molar-refractivity contribution is -0.123. The van der Waals surface area contributed by atoms with Crippen LogP contribution < -0.4 is 10.6 Å². The fourth-order valence-corrected chi connectivity index (χ4v) is 3.26. The molecule has 1 aliphatic rings. The number of hydrogen-bond acceptors (Lipinski definition) is 4. The topological polar surface area (TPSA) is 95.5 Å². The minimum atomic E-state index is -0.831. The van der Waals surface area contributed by atoms with Gasteiger partial charge in [-0.3, -0.25) is 20.2 Å². The Hall–Kier alpha value is -1.17. The van der Waals surface area contributed by atoms with Crippen LogP contribution in [-0.4, -0.2) is 23.0 Å². The van der Waals surface area contributed by atoms with Gasteiger partial charge in [0.2, 0.25) is 0 Å². The van der Waals surface area contributed by atoms with E-state index in [1.54, 1.807) is 12.1 Å². The number of amides is 4. The zero-order valence-corrected chi connectivity index (χ0v) is 13.5. The third-order valence-electron chi connectivity index (χ3n) is 2.29. The molecular formula is C11H6I2N2O4. The highest BCUT2D eigenvalue weighted by Gasteiger charge is 2.27. The van der Waals surface area contributed by atoms with Gasteiger partial charge in [0.25, 0.3) is 11.8 Å². The molecule has 1 heterocycles. The molecule has 1 aliphatic heterocycles. The molecular weight excluding hydrogens is 478 g/mol. The molecule has 0 aliphatic carbocycles. The molecule has 0 atom stereocenters. The molecule has 0 saturated carbocycles. The van der Waals surface area contributed by atoms with E-state index in [-0.39, 0.29) is 11.3 Å². The smallest absolute Gasteiger partial charge is 0.328 e. The van der Waals surface area contributed by atoms with Crippen molar-refractivity contribution < 1.29 is 19.5 Å². The van der Waals surface area contributed by atoms with Crippen molar-refractivity contribution in [3.63, 3.8) is 0 Å². The Balaban J connectivity index is 2.43. The number of hydrogen-bond donors (Lipinski definition) is 3. The van der Waals surface area contributed by atoms with Crippen LogP contribution in [0.25, 0.3) is 6.08 Å². The number of rotatable bonds is 1. The fraction of sp³-hybridized carbons (Fsp3) is 0. The first kappa shape index (κ1) is 14.2. The number of benzene rings is 1. The van der Waals surface area contributed by atoms with E-state index in [0.717, 1.165) is 0 Å². The maximum Gasteiger partial charge on any atom is 0.328 e. The Bertz CT molecular complexity index is 595. The second kappa shape index (κ2) is 5.45. The highest BCUT2D eigenvalue weighted by atomic mass is 127. The first-order valence-corrected chi connectivity index (χ1v) is 7.10. The molecule has 4 amide bonds. The molecule has 8 heteroatoms. The van der Waals surface area contributed by atoms with Crippen LogP contribution in [0.4, 0.5) is 4.79 Å². The Morgan fingerprint density at radius 3 is 1.95 bits per heavy atom. The van der Waals surface area contributed by atoms with Crippen LogP contribution >= 0.6 is 45.2 Å². The van der Waals surface area contributed by atoms with Crippen molar-refractivity contribution in [3.8, 4) is 5.75 Å². The molecule has 19 heavy (non-hydrogen) atoms. The molecule has 0 unspecified atom stereocenters. The van der Waals surface area contributed by atoms with E-state index in [2.05, 4.69) is 0 Å². The molecule has 2 rings (SSSR count). The minimum Gasteiger partial charge on any atom is -0.506 e. The number of halogens is 2. The molecule has 98 valence electrons. The van der Waals surface area contributed by atoms with Crippen molar-refractivity contribution in [1.29, 1.82) is 0 Å². The van der Waals surface area contributed by atoms with Gasteiger partial charge in [-0.2, -0.15) is 0 Å². The molecule has 0 aromatic heterocycles. The molecule has 0 spiro atoms. The summed E-state index contributed by atoms with van der Waals surface area (Å²) in [6.45, 7) is 0. The van der Waals surface area contributed by atoms with Crippen molar-refractivity contribution in [2.24, 2.45) is 0 Å². The Labute approximate surface area is 134 Å². The van der Waals surface area contributed by atoms with Crippen molar-refractivity contribution in [3.05, 3.63) is 30.4 Å². The summed E-state index contributed by atoms with van der Waals surface area (Å²) in [5.41, 5.74) is 0.429. The lowest BCUT2D eigenvalue weighted by atomic mass is 10.1. The van der Waals surface area contributed by atoms with Crippen LogP contribution in [0.15, 0.2) is 17.7 Å². The quantitative estimate of drug-likeness (QED) is 0.319. The summed E-state index contributed by atoms with van der Waals surface area (Å²) in [5, 5.41) is 13.6. The van der Waals surface area contributed by atoms with Gasteiger partial charge >= 0.3 is 6.03 Å². The first-order valence-electron chi connectivity index (χ1n) is 4.95. The third kappa shape index (κ3) is 3.05. The van der Waals surface area contributed by atoms with Gasteiger partial charge < -0.3 is 5.11 Å². The van der Waals surface area contributed by atoms with E-state index < -0.39 is 17.8 Å². The highest BCUT2D eigenvalue weighted by Crippen LogP contribution is 2.28. The number of aromatic hydroxyl groups is 1. The van der Waals surface area contributed by atoms with Gasteiger partial charge in [-0.1, -0.05) is 0 Å². The van der Waals surface area contributed by atoms with Crippen molar-refractivity contribution in [2.75, 3.05) is 0 Å².